The fourth-order valence-electron chi connectivity index (χ4n) is 2.20. The highest BCUT2D eigenvalue weighted by molar-refractivity contribution is 6.52. The summed E-state index contributed by atoms with van der Waals surface area (Å²) in [6.45, 7) is 6.69. The number of fused-ring (bicyclic) bond motifs is 1. The van der Waals surface area contributed by atoms with Crippen molar-refractivity contribution < 1.29 is 9.59 Å². The van der Waals surface area contributed by atoms with E-state index in [1.165, 1.54) is 0 Å². The van der Waals surface area contributed by atoms with Crippen LogP contribution in [-0.4, -0.2) is 18.2 Å². The van der Waals surface area contributed by atoms with Crippen LogP contribution in [0.4, 0.5) is 5.69 Å². The van der Waals surface area contributed by atoms with Crippen molar-refractivity contribution in [3.63, 3.8) is 0 Å². The Bertz CT molecular complexity index is 491. The largest absolute Gasteiger partial charge is 0.304 e. The summed E-state index contributed by atoms with van der Waals surface area (Å²) in [6, 6.07) is 3.67. The van der Waals surface area contributed by atoms with Crippen molar-refractivity contribution in [3.8, 4) is 0 Å². The Hall–Kier alpha value is -1.64. The smallest absolute Gasteiger partial charge is 0.299 e. The third-order valence-corrected chi connectivity index (χ3v) is 3.39. The topological polar surface area (TPSA) is 37.4 Å². The van der Waals surface area contributed by atoms with Gasteiger partial charge in [-0.2, -0.15) is 0 Å². The van der Waals surface area contributed by atoms with Gasteiger partial charge >= 0.3 is 0 Å². The van der Waals surface area contributed by atoms with Crippen LogP contribution in [0.3, 0.4) is 0 Å². The number of Topliss-reactive ketones (excluding diaryl/α,β-unsaturated/α-hetero) is 1. The van der Waals surface area contributed by atoms with Gasteiger partial charge in [-0.1, -0.05) is 19.4 Å². The third-order valence-electron chi connectivity index (χ3n) is 3.39. The first kappa shape index (κ1) is 11.8. The molecule has 0 bridgehead atoms. The van der Waals surface area contributed by atoms with Crippen LogP contribution in [0.5, 0.6) is 0 Å². The second kappa shape index (κ2) is 4.32. The molecule has 1 aromatic rings. The summed E-state index contributed by atoms with van der Waals surface area (Å²) in [5.74, 6) is -0.735. The van der Waals surface area contributed by atoms with E-state index in [1.807, 2.05) is 19.9 Å². The van der Waals surface area contributed by atoms with E-state index >= 15 is 0 Å². The molecule has 1 amide bonds. The minimum Gasteiger partial charge on any atom is -0.304 e. The SMILES string of the molecule is CCCCN1C(=O)C(=O)c2ccc(C)c(C)c21. The van der Waals surface area contributed by atoms with Gasteiger partial charge in [0, 0.05) is 6.54 Å². The summed E-state index contributed by atoms with van der Waals surface area (Å²) < 4.78 is 0. The molecule has 1 aromatic carbocycles. The number of nitrogens with zero attached hydrogens (tertiary/aromatic N) is 1. The number of ketones is 1. The Morgan fingerprint density at radius 3 is 2.53 bits per heavy atom. The highest BCUT2D eigenvalue weighted by Gasteiger charge is 2.36. The number of rotatable bonds is 3. The summed E-state index contributed by atoms with van der Waals surface area (Å²) in [6.07, 6.45) is 1.93. The number of anilines is 1. The minimum atomic E-state index is -0.373. The van der Waals surface area contributed by atoms with Crippen LogP contribution in [0.15, 0.2) is 12.1 Å². The zero-order valence-electron chi connectivity index (χ0n) is 10.5. The third kappa shape index (κ3) is 1.75. The molecule has 2 rings (SSSR count). The van der Waals surface area contributed by atoms with Gasteiger partial charge in [-0.25, -0.2) is 0 Å². The maximum absolute atomic E-state index is 11.9. The molecule has 0 saturated carbocycles. The van der Waals surface area contributed by atoms with Gasteiger partial charge in [0.25, 0.3) is 11.7 Å². The van der Waals surface area contributed by atoms with E-state index in [0.717, 1.165) is 29.7 Å². The van der Waals surface area contributed by atoms with Crippen molar-refractivity contribution in [3.05, 3.63) is 28.8 Å². The zero-order valence-corrected chi connectivity index (χ0v) is 10.5. The van der Waals surface area contributed by atoms with Crippen LogP contribution >= 0.6 is 0 Å². The Kier molecular flexibility index (Phi) is 3.01. The number of hydrogen-bond acceptors (Lipinski definition) is 2. The zero-order chi connectivity index (χ0) is 12.6. The van der Waals surface area contributed by atoms with Crippen LogP contribution in [0.2, 0.25) is 0 Å². The van der Waals surface area contributed by atoms with Crippen molar-refractivity contribution in [2.24, 2.45) is 0 Å². The maximum atomic E-state index is 11.9. The van der Waals surface area contributed by atoms with E-state index in [0.29, 0.717) is 12.1 Å². The molecule has 0 radical (unpaired) electrons. The number of hydrogen-bond donors (Lipinski definition) is 0. The molecule has 0 spiro atoms. The van der Waals surface area contributed by atoms with Crippen LogP contribution < -0.4 is 4.90 Å². The van der Waals surface area contributed by atoms with Crippen molar-refractivity contribution in [2.45, 2.75) is 33.6 Å². The summed E-state index contributed by atoms with van der Waals surface area (Å²) in [5, 5.41) is 0. The van der Waals surface area contributed by atoms with E-state index < -0.39 is 0 Å². The summed E-state index contributed by atoms with van der Waals surface area (Å²) in [5.41, 5.74) is 3.55. The lowest BCUT2D eigenvalue weighted by Crippen LogP contribution is -2.31. The van der Waals surface area contributed by atoms with Crippen LogP contribution in [0.1, 0.15) is 41.3 Å². The van der Waals surface area contributed by atoms with E-state index in [9.17, 15) is 9.59 Å². The molecule has 3 nitrogen and oxygen atoms in total. The average molecular weight is 231 g/mol. The normalized spacial score (nSPS) is 14.4. The predicted molar refractivity (Wildman–Crippen MR) is 67.5 cm³/mol. The number of carbonyl (C=O) groups is 2. The molecular weight excluding hydrogens is 214 g/mol. The molecule has 1 aliphatic rings. The second-order valence-corrected chi connectivity index (χ2v) is 4.54. The lowest BCUT2D eigenvalue weighted by Gasteiger charge is -2.19. The van der Waals surface area contributed by atoms with Gasteiger partial charge in [0.1, 0.15) is 0 Å². The second-order valence-electron chi connectivity index (χ2n) is 4.54. The number of aryl methyl sites for hydroxylation is 1. The molecule has 1 heterocycles. The Morgan fingerprint density at radius 1 is 1.18 bits per heavy atom. The molecule has 17 heavy (non-hydrogen) atoms. The molecular formula is C14H17NO2. The monoisotopic (exact) mass is 231 g/mol. The van der Waals surface area contributed by atoms with E-state index in [4.69, 9.17) is 0 Å². The summed E-state index contributed by atoms with van der Waals surface area (Å²) >= 11 is 0. The number of carbonyl (C=O) groups excluding carboxylic acids is 2. The van der Waals surface area contributed by atoms with Crippen LogP contribution in [-0.2, 0) is 4.79 Å². The molecule has 0 aliphatic carbocycles. The molecule has 0 saturated heterocycles. The Balaban J connectivity index is 2.50. The van der Waals surface area contributed by atoms with Gasteiger partial charge in [0.15, 0.2) is 0 Å². The first-order chi connectivity index (χ1) is 8.07. The highest BCUT2D eigenvalue weighted by Crippen LogP contribution is 2.34. The number of unbranched alkanes of at least 4 members (excludes halogenated alkanes) is 1. The van der Waals surface area contributed by atoms with Crippen LogP contribution in [0, 0.1) is 13.8 Å². The molecule has 1 aliphatic heterocycles. The van der Waals surface area contributed by atoms with Gasteiger partial charge in [0.05, 0.1) is 11.3 Å². The van der Waals surface area contributed by atoms with E-state index in [1.54, 1.807) is 11.0 Å². The first-order valence-electron chi connectivity index (χ1n) is 6.04. The molecule has 3 heteroatoms. The molecule has 90 valence electrons. The molecule has 0 unspecified atom stereocenters. The predicted octanol–water partition coefficient (Wildman–Crippen LogP) is 2.63. The summed E-state index contributed by atoms with van der Waals surface area (Å²) in [4.78, 5) is 25.4. The lowest BCUT2D eigenvalue weighted by molar-refractivity contribution is -0.114. The fraction of sp³-hybridized carbons (Fsp3) is 0.429. The first-order valence-corrected chi connectivity index (χ1v) is 6.04. The van der Waals surface area contributed by atoms with Gasteiger partial charge in [-0.05, 0) is 37.5 Å². The van der Waals surface area contributed by atoms with E-state index in [2.05, 4.69) is 6.92 Å². The quantitative estimate of drug-likeness (QED) is 0.750. The van der Waals surface area contributed by atoms with Crippen LogP contribution in [0.25, 0.3) is 0 Å². The number of amides is 1. The average Bonchev–Trinajstić information content (AvgIpc) is 2.56. The fourth-order valence-corrected chi connectivity index (χ4v) is 2.20. The van der Waals surface area contributed by atoms with Crippen molar-refractivity contribution in [2.75, 3.05) is 11.4 Å². The highest BCUT2D eigenvalue weighted by atomic mass is 16.2. The Labute approximate surface area is 101 Å². The Morgan fingerprint density at radius 2 is 1.88 bits per heavy atom. The molecule has 0 fully saturated rings. The van der Waals surface area contributed by atoms with Crippen molar-refractivity contribution in [1.82, 2.24) is 0 Å². The molecule has 0 N–H and O–H groups in total. The van der Waals surface area contributed by atoms with Gasteiger partial charge in [0.2, 0.25) is 0 Å². The minimum absolute atomic E-state index is 0.362. The maximum Gasteiger partial charge on any atom is 0.299 e. The van der Waals surface area contributed by atoms with E-state index in [-0.39, 0.29) is 11.7 Å². The molecule has 0 aromatic heterocycles. The van der Waals surface area contributed by atoms with Gasteiger partial charge in [-0.3, -0.25) is 9.59 Å². The molecule has 0 atom stereocenters. The lowest BCUT2D eigenvalue weighted by atomic mass is 10.0. The van der Waals surface area contributed by atoms with Crippen molar-refractivity contribution >= 4 is 17.4 Å². The van der Waals surface area contributed by atoms with Crippen molar-refractivity contribution in [1.29, 1.82) is 0 Å². The summed E-state index contributed by atoms with van der Waals surface area (Å²) in [7, 11) is 0. The standard InChI is InChI=1S/C14H17NO2/c1-4-5-8-15-12-10(3)9(2)6-7-11(12)13(16)14(15)17/h6-7H,4-5,8H2,1-3H3. The van der Waals surface area contributed by atoms with Gasteiger partial charge < -0.3 is 4.90 Å². The number of benzene rings is 1. The van der Waals surface area contributed by atoms with Gasteiger partial charge in [-0.15, -0.1) is 0 Å².